The molecule has 1 saturated heterocycles. The average molecular weight is 574 g/mol. The summed E-state index contributed by atoms with van der Waals surface area (Å²) in [5.74, 6) is 4.32. The van der Waals surface area contributed by atoms with Gasteiger partial charge in [0.25, 0.3) is 0 Å². The highest BCUT2D eigenvalue weighted by Crippen LogP contribution is 2.38. The number of allylic oxidation sites excluding steroid dienone is 1. The van der Waals surface area contributed by atoms with Crippen LogP contribution in [0.1, 0.15) is 47.7 Å². The lowest BCUT2D eigenvalue weighted by molar-refractivity contribution is -0.141. The fraction of sp³-hybridized carbons (Fsp3) is 0.452. The third-order valence-corrected chi connectivity index (χ3v) is 7.64. The third-order valence-electron chi connectivity index (χ3n) is 7.64. The molecule has 3 N–H and O–H groups in total. The number of likely N-dealkylation sites (tertiary alicyclic amines) is 1. The Morgan fingerprint density at radius 3 is 2.68 bits per heavy atom. The highest BCUT2D eigenvalue weighted by atomic mass is 19.4. The van der Waals surface area contributed by atoms with Crippen LogP contribution in [0, 0.1) is 17.8 Å². The Morgan fingerprint density at radius 1 is 1.20 bits per heavy atom. The van der Waals surface area contributed by atoms with Crippen molar-refractivity contribution in [3.63, 3.8) is 0 Å². The number of carboxylic acids is 1. The summed E-state index contributed by atoms with van der Waals surface area (Å²) >= 11 is 0. The van der Waals surface area contributed by atoms with Crippen molar-refractivity contribution >= 4 is 23.4 Å². The zero-order chi connectivity index (χ0) is 29.6. The number of rotatable bonds is 8. The minimum absolute atomic E-state index is 0.0650. The van der Waals surface area contributed by atoms with Crippen molar-refractivity contribution in [3.05, 3.63) is 58.7 Å². The maximum Gasteiger partial charge on any atom is 0.389 e. The molecule has 1 heterocycles. The van der Waals surface area contributed by atoms with Gasteiger partial charge in [-0.25, -0.2) is 9.18 Å². The molecule has 2 unspecified atom stereocenters. The lowest BCUT2D eigenvalue weighted by Gasteiger charge is -2.35. The second-order valence-electron chi connectivity index (χ2n) is 10.4. The zero-order valence-corrected chi connectivity index (χ0v) is 23.2. The Labute approximate surface area is 237 Å². The minimum atomic E-state index is -4.35. The third kappa shape index (κ3) is 7.94. The summed E-state index contributed by atoms with van der Waals surface area (Å²) in [6.45, 7) is 4.02. The molecule has 10 heteroatoms. The van der Waals surface area contributed by atoms with Crippen LogP contribution >= 0.6 is 0 Å². The van der Waals surface area contributed by atoms with Gasteiger partial charge in [0.15, 0.2) is 0 Å². The maximum atomic E-state index is 15.0. The van der Waals surface area contributed by atoms with E-state index in [1.54, 1.807) is 12.1 Å². The summed E-state index contributed by atoms with van der Waals surface area (Å²) in [5.41, 5.74) is 3.32. The van der Waals surface area contributed by atoms with Gasteiger partial charge >= 0.3 is 12.1 Å². The number of nitrogens with zero attached hydrogens (tertiary/aromatic N) is 1. The normalized spacial score (nSPS) is 21.0. The predicted molar refractivity (Wildman–Crippen MR) is 152 cm³/mol. The fourth-order valence-electron chi connectivity index (χ4n) is 5.39. The fourth-order valence-corrected chi connectivity index (χ4v) is 5.39. The van der Waals surface area contributed by atoms with Gasteiger partial charge in [-0.15, -0.1) is 0 Å². The molecule has 1 fully saturated rings. The van der Waals surface area contributed by atoms with E-state index in [0.29, 0.717) is 42.1 Å². The van der Waals surface area contributed by atoms with Crippen molar-refractivity contribution in [2.24, 2.45) is 5.92 Å². The van der Waals surface area contributed by atoms with Crippen LogP contribution in [0.2, 0.25) is 0 Å². The molecule has 6 nitrogen and oxygen atoms in total. The van der Waals surface area contributed by atoms with E-state index in [2.05, 4.69) is 27.4 Å². The van der Waals surface area contributed by atoms with E-state index in [9.17, 15) is 27.5 Å². The standard InChI is InChI=1S/C31H35F4N3O3/c1-3-38-15-13-27(25(32)19-38)37-26-8-4-6-20-9-10-23(18-31(33,34)35)21(16-24(20)26)7-5-14-36-28-12-11-22(30(39)40)17-29(28)41-2/h4,6,8,11-12,16-17,23,25,27,36-37H,3,9-10,13-15,18-19H2,1-2H3,(H,39,40)/t23?,25-,27?/m1/s1. The highest BCUT2D eigenvalue weighted by molar-refractivity contribution is 5.89. The molecular formula is C31H35F4N3O3. The number of nitrogens with one attached hydrogen (secondary N) is 2. The van der Waals surface area contributed by atoms with Gasteiger partial charge in [-0.1, -0.05) is 30.9 Å². The number of aromatic carboxylic acids is 1. The number of alkyl halides is 4. The van der Waals surface area contributed by atoms with Crippen LogP contribution in [0.4, 0.5) is 28.9 Å². The van der Waals surface area contributed by atoms with Gasteiger partial charge in [0.2, 0.25) is 0 Å². The Hall–Kier alpha value is -3.71. The topological polar surface area (TPSA) is 73.8 Å². The lowest BCUT2D eigenvalue weighted by Crippen LogP contribution is -2.47. The molecule has 41 heavy (non-hydrogen) atoms. The van der Waals surface area contributed by atoms with E-state index in [1.807, 2.05) is 25.1 Å². The number of hydrogen-bond acceptors (Lipinski definition) is 5. The van der Waals surface area contributed by atoms with Gasteiger partial charge in [-0.05, 0) is 61.7 Å². The van der Waals surface area contributed by atoms with Gasteiger partial charge in [-0.2, -0.15) is 13.2 Å². The molecule has 0 spiro atoms. The molecule has 0 radical (unpaired) electrons. The Kier molecular flexibility index (Phi) is 9.81. The summed E-state index contributed by atoms with van der Waals surface area (Å²) < 4.78 is 60.9. The number of ether oxygens (including phenoxy) is 1. The first kappa shape index (κ1) is 30.3. The molecule has 0 saturated carbocycles. The zero-order valence-electron chi connectivity index (χ0n) is 23.2. The Morgan fingerprint density at radius 2 is 2.00 bits per heavy atom. The quantitative estimate of drug-likeness (QED) is 0.256. The monoisotopic (exact) mass is 573 g/mol. The average Bonchev–Trinajstić information content (AvgIpc) is 3.10. The van der Waals surface area contributed by atoms with Crippen LogP contribution in [-0.2, 0) is 6.42 Å². The number of hydrogen-bond donors (Lipinski definition) is 3. The lowest BCUT2D eigenvalue weighted by atomic mass is 9.91. The minimum Gasteiger partial charge on any atom is -0.495 e. The van der Waals surface area contributed by atoms with Crippen LogP contribution < -0.4 is 15.4 Å². The van der Waals surface area contributed by atoms with Gasteiger partial charge in [0.05, 0.1) is 37.4 Å². The number of anilines is 2. The number of carboxylic acid groups (broad SMARTS) is 1. The van der Waals surface area contributed by atoms with E-state index in [0.717, 1.165) is 24.2 Å². The molecule has 4 rings (SSSR count). The summed E-state index contributed by atoms with van der Waals surface area (Å²) in [7, 11) is 1.41. The van der Waals surface area contributed by atoms with Crippen LogP contribution in [0.25, 0.3) is 6.08 Å². The highest BCUT2D eigenvalue weighted by Gasteiger charge is 2.34. The van der Waals surface area contributed by atoms with Gasteiger partial charge in [0, 0.05) is 35.8 Å². The number of aryl methyl sites for hydroxylation is 1. The van der Waals surface area contributed by atoms with E-state index < -0.39 is 30.7 Å². The molecule has 3 atom stereocenters. The molecule has 0 amide bonds. The van der Waals surface area contributed by atoms with Gasteiger partial charge in [-0.3, -0.25) is 0 Å². The van der Waals surface area contributed by atoms with Crippen molar-refractivity contribution < 1.29 is 32.2 Å². The number of halogens is 4. The van der Waals surface area contributed by atoms with Crippen molar-refractivity contribution in [2.45, 2.75) is 51.0 Å². The van der Waals surface area contributed by atoms with E-state index in [-0.39, 0.29) is 24.6 Å². The first-order valence-corrected chi connectivity index (χ1v) is 13.7. The summed E-state index contributed by atoms with van der Waals surface area (Å²) in [5, 5.41) is 15.6. The van der Waals surface area contributed by atoms with Crippen molar-refractivity contribution in [2.75, 3.05) is 43.9 Å². The number of benzene rings is 2. The molecule has 0 bridgehead atoms. The number of piperidine rings is 1. The van der Waals surface area contributed by atoms with Gasteiger partial charge < -0.3 is 25.4 Å². The number of carbonyl (C=O) groups is 1. The maximum absolute atomic E-state index is 15.0. The number of methoxy groups -OCH3 is 1. The van der Waals surface area contributed by atoms with Gasteiger partial charge in [0.1, 0.15) is 11.9 Å². The van der Waals surface area contributed by atoms with E-state index in [4.69, 9.17) is 4.74 Å². The number of fused-ring (bicyclic) bond motifs is 1. The van der Waals surface area contributed by atoms with Crippen LogP contribution in [0.15, 0.2) is 42.0 Å². The first-order valence-electron chi connectivity index (χ1n) is 13.7. The van der Waals surface area contributed by atoms with Crippen LogP contribution in [0.5, 0.6) is 5.75 Å². The second kappa shape index (κ2) is 13.3. The molecular weight excluding hydrogens is 538 g/mol. The van der Waals surface area contributed by atoms with Crippen LogP contribution in [0.3, 0.4) is 0 Å². The Balaban J connectivity index is 1.59. The van der Waals surface area contributed by atoms with Crippen molar-refractivity contribution in [1.29, 1.82) is 0 Å². The van der Waals surface area contributed by atoms with Crippen LogP contribution in [-0.4, -0.2) is 67.7 Å². The largest absolute Gasteiger partial charge is 0.495 e. The summed E-state index contributed by atoms with van der Waals surface area (Å²) in [4.78, 5) is 13.3. The molecule has 2 aliphatic rings. The first-order chi connectivity index (χ1) is 19.6. The molecule has 220 valence electrons. The van der Waals surface area contributed by atoms with E-state index >= 15 is 0 Å². The molecule has 1 aliphatic heterocycles. The predicted octanol–water partition coefficient (Wildman–Crippen LogP) is 6.25. The van der Waals surface area contributed by atoms with E-state index in [1.165, 1.54) is 19.2 Å². The molecule has 2 aromatic rings. The molecule has 1 aliphatic carbocycles. The smallest absolute Gasteiger partial charge is 0.389 e. The second-order valence-corrected chi connectivity index (χ2v) is 10.4. The molecule has 2 aromatic carbocycles. The molecule has 0 aromatic heterocycles. The summed E-state index contributed by atoms with van der Waals surface area (Å²) in [6.07, 6.45) is -3.29. The Bertz CT molecular complexity index is 1330. The summed E-state index contributed by atoms with van der Waals surface area (Å²) in [6, 6.07) is 9.58. The SMILES string of the molecule is CCN1CCC(Nc2cccc3c2C=C(C#CCNc2ccc(C(=O)O)cc2OC)C(CC(F)(F)F)CC3)[C@H](F)C1. The van der Waals surface area contributed by atoms with Crippen molar-refractivity contribution in [3.8, 4) is 17.6 Å². The van der Waals surface area contributed by atoms with Crippen molar-refractivity contribution in [1.82, 2.24) is 4.90 Å².